The molecule has 0 N–H and O–H groups in total. The first-order valence-corrected chi connectivity index (χ1v) is 14.4. The molecule has 1 aliphatic heterocycles. The van der Waals surface area contributed by atoms with Crippen molar-refractivity contribution in [3.63, 3.8) is 0 Å². The van der Waals surface area contributed by atoms with E-state index in [1.807, 2.05) is 23.1 Å². The molecule has 0 unspecified atom stereocenters. The van der Waals surface area contributed by atoms with Crippen LogP contribution < -0.4 is 4.90 Å². The quantitative estimate of drug-likeness (QED) is 0.232. The van der Waals surface area contributed by atoms with Gasteiger partial charge >= 0.3 is 0 Å². The molecule has 8 nitrogen and oxygen atoms in total. The summed E-state index contributed by atoms with van der Waals surface area (Å²) in [4.78, 5) is 15.2. The molecule has 1 aliphatic rings. The lowest BCUT2D eigenvalue weighted by Crippen LogP contribution is -2.48. The Bertz CT molecular complexity index is 1060. The van der Waals surface area contributed by atoms with Gasteiger partial charge in [-0.3, -0.25) is 15.0 Å². The van der Waals surface area contributed by atoms with E-state index in [1.165, 1.54) is 22.0 Å². The van der Waals surface area contributed by atoms with Gasteiger partial charge in [-0.15, -0.1) is 0 Å². The molecule has 3 rings (SSSR count). The van der Waals surface area contributed by atoms with Crippen LogP contribution in [0.15, 0.2) is 47.4 Å². The standard InChI is InChI=1S/C22H28Br2N4O4S/c1-18-15-20(28(29)30)16-21(22(18)26(9-7-23)10-8-24)33(31,32)27-13-11-25(12-14-27)17-19-5-3-2-4-6-19/h2-6,15-16H,7-14,17H2,1H3. The minimum absolute atomic E-state index is 0.00705. The number of nitro groups is 1. The summed E-state index contributed by atoms with van der Waals surface area (Å²) in [5, 5.41) is 12.8. The molecule has 2 aromatic rings. The molecule has 180 valence electrons. The number of hydrogen-bond donors (Lipinski definition) is 0. The van der Waals surface area contributed by atoms with E-state index in [0.29, 0.717) is 61.2 Å². The van der Waals surface area contributed by atoms with Crippen LogP contribution in [0, 0.1) is 17.0 Å². The molecule has 0 saturated carbocycles. The minimum Gasteiger partial charge on any atom is -0.369 e. The Hall–Kier alpha value is -1.53. The number of nitrogens with zero attached hydrogens (tertiary/aromatic N) is 4. The van der Waals surface area contributed by atoms with E-state index in [0.717, 1.165) is 6.54 Å². The van der Waals surface area contributed by atoms with Gasteiger partial charge in [-0.05, 0) is 18.1 Å². The number of benzene rings is 2. The number of nitro benzene ring substituents is 1. The largest absolute Gasteiger partial charge is 0.369 e. The van der Waals surface area contributed by atoms with E-state index in [-0.39, 0.29) is 10.6 Å². The average Bonchev–Trinajstić information content (AvgIpc) is 2.79. The summed E-state index contributed by atoms with van der Waals surface area (Å²) in [5.74, 6) is 0. The van der Waals surface area contributed by atoms with Crippen molar-refractivity contribution in [2.24, 2.45) is 0 Å². The van der Waals surface area contributed by atoms with Crippen molar-refractivity contribution in [2.45, 2.75) is 18.4 Å². The smallest absolute Gasteiger partial charge is 0.271 e. The van der Waals surface area contributed by atoms with Crippen LogP contribution in [-0.4, -0.2) is 72.5 Å². The third-order valence-corrected chi connectivity index (χ3v) is 8.31. The average molecular weight is 604 g/mol. The third kappa shape index (κ3) is 6.33. The van der Waals surface area contributed by atoms with Crippen LogP contribution in [0.3, 0.4) is 0 Å². The van der Waals surface area contributed by atoms with Crippen molar-refractivity contribution in [2.75, 3.05) is 54.8 Å². The van der Waals surface area contributed by atoms with Crippen molar-refractivity contribution in [3.05, 3.63) is 63.7 Å². The van der Waals surface area contributed by atoms with Crippen LogP contribution in [0.2, 0.25) is 0 Å². The van der Waals surface area contributed by atoms with Gasteiger partial charge in [0.15, 0.2) is 0 Å². The Morgan fingerprint density at radius 3 is 2.18 bits per heavy atom. The number of sulfonamides is 1. The Kier molecular flexibility index (Phi) is 9.28. The van der Waals surface area contributed by atoms with Crippen LogP contribution in [0.5, 0.6) is 0 Å². The highest BCUT2D eigenvalue weighted by Gasteiger charge is 2.34. The fraction of sp³-hybridized carbons (Fsp3) is 0.455. The second-order valence-electron chi connectivity index (χ2n) is 7.90. The number of halogens is 2. The van der Waals surface area contributed by atoms with Crippen LogP contribution in [-0.2, 0) is 16.6 Å². The number of piperazine rings is 1. The topological polar surface area (TPSA) is 87.0 Å². The molecule has 0 bridgehead atoms. The van der Waals surface area contributed by atoms with Crippen molar-refractivity contribution < 1.29 is 13.3 Å². The minimum atomic E-state index is -3.92. The zero-order valence-electron chi connectivity index (χ0n) is 18.5. The summed E-state index contributed by atoms with van der Waals surface area (Å²) in [6.07, 6.45) is 0. The molecule has 0 atom stereocenters. The summed E-state index contributed by atoms with van der Waals surface area (Å²) in [5.41, 5.74) is 2.08. The summed E-state index contributed by atoms with van der Waals surface area (Å²) >= 11 is 6.87. The lowest BCUT2D eigenvalue weighted by atomic mass is 10.1. The van der Waals surface area contributed by atoms with Crippen LogP contribution >= 0.6 is 31.9 Å². The fourth-order valence-electron chi connectivity index (χ4n) is 4.08. The highest BCUT2D eigenvalue weighted by molar-refractivity contribution is 9.09. The first-order valence-electron chi connectivity index (χ1n) is 10.7. The molecule has 1 fully saturated rings. The van der Waals surface area contributed by atoms with E-state index >= 15 is 0 Å². The molecule has 1 saturated heterocycles. The summed E-state index contributed by atoms with van der Waals surface area (Å²) in [6, 6.07) is 12.7. The first-order chi connectivity index (χ1) is 15.8. The predicted molar refractivity (Wildman–Crippen MR) is 138 cm³/mol. The number of anilines is 1. The SMILES string of the molecule is Cc1cc([N+](=O)[O-])cc(S(=O)(=O)N2CCN(Cc3ccccc3)CC2)c1N(CCBr)CCBr. The molecule has 33 heavy (non-hydrogen) atoms. The molecule has 2 aromatic carbocycles. The Labute approximate surface area is 212 Å². The van der Waals surface area contributed by atoms with Gasteiger partial charge in [-0.1, -0.05) is 62.2 Å². The highest BCUT2D eigenvalue weighted by Crippen LogP contribution is 2.35. The van der Waals surface area contributed by atoms with Crippen molar-refractivity contribution in [3.8, 4) is 0 Å². The molecule has 0 aliphatic carbocycles. The van der Waals surface area contributed by atoms with E-state index in [9.17, 15) is 18.5 Å². The van der Waals surface area contributed by atoms with Gasteiger partial charge in [0.25, 0.3) is 5.69 Å². The summed E-state index contributed by atoms with van der Waals surface area (Å²) < 4.78 is 29.0. The normalized spacial score (nSPS) is 15.5. The molecular weight excluding hydrogens is 576 g/mol. The van der Waals surface area contributed by atoms with Crippen molar-refractivity contribution >= 4 is 53.3 Å². The van der Waals surface area contributed by atoms with Gasteiger partial charge in [0.1, 0.15) is 4.90 Å². The molecule has 11 heteroatoms. The maximum Gasteiger partial charge on any atom is 0.271 e. The van der Waals surface area contributed by atoms with Gasteiger partial charge in [0, 0.05) is 68.6 Å². The lowest BCUT2D eigenvalue weighted by Gasteiger charge is -2.35. The number of non-ortho nitro benzene ring substituents is 1. The Balaban J connectivity index is 1.90. The third-order valence-electron chi connectivity index (χ3n) is 5.68. The molecular formula is C22H28Br2N4O4S. The van der Waals surface area contributed by atoms with Crippen molar-refractivity contribution in [1.82, 2.24) is 9.21 Å². The van der Waals surface area contributed by atoms with Gasteiger partial charge < -0.3 is 4.90 Å². The Morgan fingerprint density at radius 2 is 1.64 bits per heavy atom. The van der Waals surface area contributed by atoms with Gasteiger partial charge in [0.05, 0.1) is 10.6 Å². The summed E-state index contributed by atoms with van der Waals surface area (Å²) in [7, 11) is -3.92. The number of aryl methyl sites for hydroxylation is 1. The first kappa shape index (κ1) is 26.1. The van der Waals surface area contributed by atoms with E-state index < -0.39 is 14.9 Å². The second-order valence-corrected chi connectivity index (χ2v) is 11.4. The zero-order valence-corrected chi connectivity index (χ0v) is 22.5. The molecule has 0 spiro atoms. The maximum atomic E-state index is 13.7. The number of rotatable bonds is 10. The monoisotopic (exact) mass is 602 g/mol. The molecule has 0 amide bonds. The van der Waals surface area contributed by atoms with Crippen LogP contribution in [0.25, 0.3) is 0 Å². The number of alkyl halides is 2. The van der Waals surface area contributed by atoms with E-state index in [2.05, 4.69) is 48.9 Å². The fourth-order valence-corrected chi connectivity index (χ4v) is 6.67. The van der Waals surface area contributed by atoms with Crippen LogP contribution in [0.4, 0.5) is 11.4 Å². The molecule has 0 radical (unpaired) electrons. The lowest BCUT2D eigenvalue weighted by molar-refractivity contribution is -0.385. The van der Waals surface area contributed by atoms with Gasteiger partial charge in [-0.2, -0.15) is 4.31 Å². The van der Waals surface area contributed by atoms with Gasteiger partial charge in [-0.25, -0.2) is 8.42 Å². The van der Waals surface area contributed by atoms with Crippen molar-refractivity contribution in [1.29, 1.82) is 0 Å². The van der Waals surface area contributed by atoms with E-state index in [4.69, 9.17) is 0 Å². The predicted octanol–water partition coefficient (Wildman–Crippen LogP) is 4.01. The second kappa shape index (κ2) is 11.7. The highest BCUT2D eigenvalue weighted by atomic mass is 79.9. The zero-order chi connectivity index (χ0) is 24.0. The summed E-state index contributed by atoms with van der Waals surface area (Å²) in [6.45, 7) is 5.54. The maximum absolute atomic E-state index is 13.7. The van der Waals surface area contributed by atoms with Crippen LogP contribution in [0.1, 0.15) is 11.1 Å². The molecule has 0 aromatic heterocycles. The van der Waals surface area contributed by atoms with E-state index in [1.54, 1.807) is 6.92 Å². The molecule has 1 heterocycles. The Morgan fingerprint density at radius 1 is 1.03 bits per heavy atom. The van der Waals surface area contributed by atoms with Gasteiger partial charge in [0.2, 0.25) is 10.0 Å². The number of hydrogen-bond acceptors (Lipinski definition) is 6.